The van der Waals surface area contributed by atoms with Gasteiger partial charge in [-0.1, -0.05) is 176 Å². The van der Waals surface area contributed by atoms with E-state index in [0.717, 1.165) is 77.7 Å². The van der Waals surface area contributed by atoms with Crippen molar-refractivity contribution < 1.29 is 4.42 Å². The molecule has 4 heterocycles. The molecule has 0 fully saturated rings. The van der Waals surface area contributed by atoms with Crippen LogP contribution in [-0.2, 0) is 0 Å². The van der Waals surface area contributed by atoms with E-state index in [9.17, 15) is 0 Å². The number of benzene rings is 11. The van der Waals surface area contributed by atoms with Crippen LogP contribution in [0, 0.1) is 0 Å². The normalized spacial score (nSPS) is 11.7. The standard InChI is InChI=1S/C69H43N5O/c1-5-17-44(18-6-1)47-23-15-26-53(39-47)74-60-29-14-13-27-54(60)56-40-48(31-35-61(56)74)49-32-36-62-57(41-49)58-42-50(33-37-63(58)73(62)52-24-11-4-12-25-52)51-34-38-64-59(43-51)66-55(28-16-30-65(66)75-64)69-71-67(45-19-7-2-8-20-45)70-68(72-69)46-21-9-3-10-22-46/h1-43H. The monoisotopic (exact) mass is 957 g/mol. The molecule has 0 aliphatic heterocycles. The maximum atomic E-state index is 6.59. The van der Waals surface area contributed by atoms with Crippen molar-refractivity contribution in [3.05, 3.63) is 261 Å². The third kappa shape index (κ3) is 7.14. The van der Waals surface area contributed by atoms with Crippen molar-refractivity contribution in [2.24, 2.45) is 0 Å². The van der Waals surface area contributed by atoms with Gasteiger partial charge < -0.3 is 13.6 Å². The summed E-state index contributed by atoms with van der Waals surface area (Å²) in [5, 5.41) is 6.76. The second kappa shape index (κ2) is 17.3. The van der Waals surface area contributed by atoms with Gasteiger partial charge in [0.2, 0.25) is 0 Å². The van der Waals surface area contributed by atoms with Crippen molar-refractivity contribution in [2.75, 3.05) is 0 Å². The molecule has 0 aliphatic rings. The first-order chi connectivity index (χ1) is 37.2. The summed E-state index contributed by atoms with van der Waals surface area (Å²) in [5.74, 6) is 1.82. The Hall–Kier alpha value is -10.2. The topological polar surface area (TPSA) is 61.7 Å². The number of aromatic nitrogens is 5. The summed E-state index contributed by atoms with van der Waals surface area (Å²) < 4.78 is 11.4. The lowest BCUT2D eigenvalue weighted by Gasteiger charge is -2.11. The summed E-state index contributed by atoms with van der Waals surface area (Å²) in [6.07, 6.45) is 0. The molecule has 0 unspecified atom stereocenters. The molecule has 75 heavy (non-hydrogen) atoms. The minimum atomic E-state index is 0.589. The molecule has 0 bridgehead atoms. The van der Waals surface area contributed by atoms with E-state index in [4.69, 9.17) is 19.4 Å². The lowest BCUT2D eigenvalue weighted by atomic mass is 9.98. The van der Waals surface area contributed by atoms with Crippen LogP contribution in [0.2, 0.25) is 0 Å². The molecule has 350 valence electrons. The highest BCUT2D eigenvalue weighted by molar-refractivity contribution is 6.15. The van der Waals surface area contributed by atoms with Crippen molar-refractivity contribution in [1.82, 2.24) is 24.1 Å². The van der Waals surface area contributed by atoms with Gasteiger partial charge in [0.1, 0.15) is 11.2 Å². The molecule has 6 nitrogen and oxygen atoms in total. The molecule has 6 heteroatoms. The summed E-state index contributed by atoms with van der Waals surface area (Å²) in [4.78, 5) is 15.2. The SMILES string of the molecule is c1ccc(-c2cccc(-n3c4ccccc4c4cc(-c5ccc6c(c5)c5cc(-c7ccc8oc9cccc(-c%10nc(-c%11ccccc%11)nc(-c%11ccccc%11)n%10)c9c8c7)ccc5n6-c5ccccc5)ccc43)c2)cc1. The summed E-state index contributed by atoms with van der Waals surface area (Å²) in [6.45, 7) is 0. The Morgan fingerprint density at radius 2 is 0.680 bits per heavy atom. The molecule has 15 aromatic rings. The van der Waals surface area contributed by atoms with Crippen LogP contribution >= 0.6 is 0 Å². The van der Waals surface area contributed by atoms with Crippen LogP contribution in [0.1, 0.15) is 0 Å². The zero-order valence-electron chi connectivity index (χ0n) is 40.5. The molecule has 15 rings (SSSR count). The second-order valence-electron chi connectivity index (χ2n) is 19.2. The van der Waals surface area contributed by atoms with Gasteiger partial charge in [0.25, 0.3) is 0 Å². The van der Waals surface area contributed by atoms with Crippen LogP contribution in [0.25, 0.3) is 144 Å². The Morgan fingerprint density at radius 3 is 1.29 bits per heavy atom. The number of hydrogen-bond acceptors (Lipinski definition) is 4. The highest BCUT2D eigenvalue weighted by Crippen LogP contribution is 2.42. The van der Waals surface area contributed by atoms with E-state index in [-0.39, 0.29) is 0 Å². The van der Waals surface area contributed by atoms with Gasteiger partial charge in [0, 0.05) is 60.4 Å². The van der Waals surface area contributed by atoms with Crippen LogP contribution in [0.4, 0.5) is 0 Å². The molecule has 0 aliphatic carbocycles. The molecule has 11 aromatic carbocycles. The first-order valence-corrected chi connectivity index (χ1v) is 25.3. The molecular weight excluding hydrogens is 915 g/mol. The summed E-state index contributed by atoms with van der Waals surface area (Å²) >= 11 is 0. The minimum Gasteiger partial charge on any atom is -0.456 e. The van der Waals surface area contributed by atoms with E-state index >= 15 is 0 Å². The Bertz CT molecular complexity index is 4630. The van der Waals surface area contributed by atoms with E-state index in [1.165, 1.54) is 49.3 Å². The molecule has 0 N–H and O–H groups in total. The molecule has 0 atom stereocenters. The van der Waals surface area contributed by atoms with Crippen molar-refractivity contribution >= 4 is 65.6 Å². The van der Waals surface area contributed by atoms with Crippen molar-refractivity contribution in [1.29, 1.82) is 0 Å². The van der Waals surface area contributed by atoms with Gasteiger partial charge in [-0.25, -0.2) is 15.0 Å². The van der Waals surface area contributed by atoms with Crippen molar-refractivity contribution in [3.8, 4) is 78.9 Å². The van der Waals surface area contributed by atoms with Gasteiger partial charge in [-0.2, -0.15) is 0 Å². The van der Waals surface area contributed by atoms with Gasteiger partial charge in [-0.15, -0.1) is 0 Å². The highest BCUT2D eigenvalue weighted by atomic mass is 16.3. The molecule has 0 radical (unpaired) electrons. The summed E-state index contributed by atoms with van der Waals surface area (Å²) in [5.41, 5.74) is 18.1. The van der Waals surface area contributed by atoms with Crippen LogP contribution in [0.3, 0.4) is 0 Å². The second-order valence-corrected chi connectivity index (χ2v) is 19.2. The van der Waals surface area contributed by atoms with Crippen LogP contribution in [0.5, 0.6) is 0 Å². The number of furan rings is 1. The van der Waals surface area contributed by atoms with E-state index in [1.807, 2.05) is 72.8 Å². The van der Waals surface area contributed by atoms with Crippen LogP contribution in [-0.4, -0.2) is 24.1 Å². The molecule has 4 aromatic heterocycles. The number of nitrogens with zero attached hydrogens (tertiary/aromatic N) is 5. The minimum absolute atomic E-state index is 0.589. The smallest absolute Gasteiger partial charge is 0.164 e. The average molecular weight is 958 g/mol. The highest BCUT2D eigenvalue weighted by Gasteiger charge is 2.21. The lowest BCUT2D eigenvalue weighted by molar-refractivity contribution is 0.669. The zero-order valence-corrected chi connectivity index (χ0v) is 40.5. The third-order valence-electron chi connectivity index (χ3n) is 14.8. The quantitative estimate of drug-likeness (QED) is 0.152. The first-order valence-electron chi connectivity index (χ1n) is 25.3. The van der Waals surface area contributed by atoms with Crippen molar-refractivity contribution in [2.45, 2.75) is 0 Å². The van der Waals surface area contributed by atoms with Gasteiger partial charge in [0.05, 0.1) is 22.1 Å². The van der Waals surface area contributed by atoms with Crippen LogP contribution < -0.4 is 0 Å². The van der Waals surface area contributed by atoms with E-state index in [0.29, 0.717) is 17.5 Å². The van der Waals surface area contributed by atoms with E-state index in [2.05, 4.69) is 197 Å². The maximum absolute atomic E-state index is 6.59. The fourth-order valence-corrected chi connectivity index (χ4v) is 11.2. The molecule has 0 amide bonds. The Labute approximate surface area is 431 Å². The Balaban J connectivity index is 0.874. The average Bonchev–Trinajstić information content (AvgIpc) is 4.20. The fraction of sp³-hybridized carbons (Fsp3) is 0. The van der Waals surface area contributed by atoms with Gasteiger partial charge in [-0.05, 0) is 118 Å². The number of fused-ring (bicyclic) bond motifs is 9. The third-order valence-corrected chi connectivity index (χ3v) is 14.8. The predicted octanol–water partition coefficient (Wildman–Crippen LogP) is 18.0. The summed E-state index contributed by atoms with van der Waals surface area (Å²) in [6, 6.07) is 92.5. The van der Waals surface area contributed by atoms with Gasteiger partial charge >= 0.3 is 0 Å². The van der Waals surface area contributed by atoms with Crippen molar-refractivity contribution in [3.63, 3.8) is 0 Å². The molecule has 0 spiro atoms. The largest absolute Gasteiger partial charge is 0.456 e. The Kier molecular flexibility index (Phi) is 9.78. The Morgan fingerprint density at radius 1 is 0.253 bits per heavy atom. The predicted molar refractivity (Wildman–Crippen MR) is 308 cm³/mol. The lowest BCUT2D eigenvalue weighted by Crippen LogP contribution is -2.00. The first kappa shape index (κ1) is 42.5. The van der Waals surface area contributed by atoms with E-state index in [1.54, 1.807) is 0 Å². The maximum Gasteiger partial charge on any atom is 0.164 e. The van der Waals surface area contributed by atoms with Gasteiger partial charge in [-0.3, -0.25) is 0 Å². The molecular formula is C69H43N5O. The van der Waals surface area contributed by atoms with E-state index < -0.39 is 0 Å². The number of para-hydroxylation sites is 2. The molecule has 0 saturated carbocycles. The number of rotatable bonds is 8. The number of hydrogen-bond donors (Lipinski definition) is 0. The van der Waals surface area contributed by atoms with Crippen LogP contribution in [0.15, 0.2) is 265 Å². The summed E-state index contributed by atoms with van der Waals surface area (Å²) in [7, 11) is 0. The molecule has 0 saturated heterocycles. The zero-order chi connectivity index (χ0) is 49.4. The fourth-order valence-electron chi connectivity index (χ4n) is 11.2. The van der Waals surface area contributed by atoms with Gasteiger partial charge in [0.15, 0.2) is 17.5 Å².